The summed E-state index contributed by atoms with van der Waals surface area (Å²) in [6.45, 7) is 0. The Morgan fingerprint density at radius 3 is 2.93 bits per heavy atom. The molecule has 0 aliphatic heterocycles. The van der Waals surface area contributed by atoms with Crippen LogP contribution in [0.3, 0.4) is 0 Å². The maximum absolute atomic E-state index is 11.6. The third-order valence-electron chi connectivity index (χ3n) is 1.82. The highest BCUT2D eigenvalue weighted by molar-refractivity contribution is 6.03. The van der Waals surface area contributed by atoms with Crippen molar-refractivity contribution in [3.8, 4) is 0 Å². The van der Waals surface area contributed by atoms with Crippen molar-refractivity contribution in [2.45, 2.75) is 0 Å². The first-order valence-electron chi connectivity index (χ1n) is 4.25. The fraction of sp³-hybridized carbons (Fsp3) is 0. The third-order valence-corrected chi connectivity index (χ3v) is 1.82. The number of nitrogens with one attached hydrogen (secondary N) is 3. The van der Waals surface area contributed by atoms with E-state index in [0.717, 1.165) is 0 Å². The van der Waals surface area contributed by atoms with Crippen molar-refractivity contribution in [2.75, 3.05) is 5.32 Å². The summed E-state index contributed by atoms with van der Waals surface area (Å²) in [5, 5.41) is 8.73. The minimum absolute atomic E-state index is 0.0621. The van der Waals surface area contributed by atoms with Gasteiger partial charge in [0.15, 0.2) is 5.43 Å². The van der Waals surface area contributed by atoms with Gasteiger partial charge in [0.2, 0.25) is 0 Å². The first-order chi connectivity index (χ1) is 7.27. The van der Waals surface area contributed by atoms with E-state index in [4.69, 9.17) is 0 Å². The van der Waals surface area contributed by atoms with Crippen molar-refractivity contribution in [1.29, 1.82) is 0 Å². The molecule has 0 saturated carbocycles. The Labute approximate surface area is 84.3 Å². The summed E-state index contributed by atoms with van der Waals surface area (Å²) in [6.07, 6.45) is 4.33. The van der Waals surface area contributed by atoms with Crippen LogP contribution in [0.15, 0.2) is 35.5 Å². The summed E-state index contributed by atoms with van der Waals surface area (Å²) in [4.78, 5) is 25.5. The van der Waals surface area contributed by atoms with Crippen LogP contribution in [0.5, 0.6) is 0 Å². The number of pyridine rings is 1. The molecule has 0 saturated heterocycles. The van der Waals surface area contributed by atoms with Crippen LogP contribution in [0.1, 0.15) is 10.4 Å². The van der Waals surface area contributed by atoms with E-state index in [1.54, 1.807) is 6.07 Å². The molecular formula is C9H8N4O2. The second-order valence-electron chi connectivity index (χ2n) is 2.85. The fourth-order valence-electron chi connectivity index (χ4n) is 1.11. The number of hydrogen-bond donors (Lipinski definition) is 3. The predicted octanol–water partition coefficient (Wildman–Crippen LogP) is 0.350. The van der Waals surface area contributed by atoms with Gasteiger partial charge in [0.25, 0.3) is 5.91 Å². The van der Waals surface area contributed by atoms with Gasteiger partial charge in [0.05, 0.1) is 6.20 Å². The van der Waals surface area contributed by atoms with Gasteiger partial charge in [-0.1, -0.05) is 0 Å². The SMILES string of the molecule is O=C(Nc1ccn[nH]1)c1c[nH]ccc1=O. The smallest absolute Gasteiger partial charge is 0.262 e. The fourth-order valence-corrected chi connectivity index (χ4v) is 1.11. The molecule has 2 aromatic heterocycles. The molecule has 1 amide bonds. The molecule has 2 aromatic rings. The van der Waals surface area contributed by atoms with Crippen molar-refractivity contribution >= 4 is 11.7 Å². The van der Waals surface area contributed by atoms with E-state index in [0.29, 0.717) is 5.82 Å². The van der Waals surface area contributed by atoms with Crippen LogP contribution in [-0.4, -0.2) is 21.1 Å². The van der Waals surface area contributed by atoms with Crippen LogP contribution >= 0.6 is 0 Å². The van der Waals surface area contributed by atoms with Gasteiger partial charge in [-0.2, -0.15) is 5.10 Å². The average molecular weight is 204 g/mol. The molecule has 0 atom stereocenters. The highest BCUT2D eigenvalue weighted by Crippen LogP contribution is 2.00. The standard InChI is InChI=1S/C9H8N4O2/c14-7-1-3-10-5-6(7)9(15)12-8-2-4-11-13-8/h1-5H,(H,10,14)(H2,11,12,13,15). The van der Waals surface area contributed by atoms with E-state index in [2.05, 4.69) is 20.5 Å². The molecule has 2 rings (SSSR count). The van der Waals surface area contributed by atoms with E-state index < -0.39 is 5.91 Å². The lowest BCUT2D eigenvalue weighted by molar-refractivity contribution is 0.102. The highest BCUT2D eigenvalue weighted by Gasteiger charge is 2.09. The van der Waals surface area contributed by atoms with E-state index >= 15 is 0 Å². The molecule has 3 N–H and O–H groups in total. The maximum atomic E-state index is 11.6. The molecule has 0 fully saturated rings. The first kappa shape index (κ1) is 9.20. The second kappa shape index (κ2) is 3.79. The molecule has 0 spiro atoms. The van der Waals surface area contributed by atoms with Gasteiger partial charge in [0, 0.05) is 24.5 Å². The number of amides is 1. The van der Waals surface area contributed by atoms with Crippen LogP contribution in [0, 0.1) is 0 Å². The lowest BCUT2D eigenvalue weighted by Gasteiger charge is -2.00. The number of nitrogens with zero attached hydrogens (tertiary/aromatic N) is 1. The van der Waals surface area contributed by atoms with Gasteiger partial charge < -0.3 is 10.3 Å². The monoisotopic (exact) mass is 204 g/mol. The van der Waals surface area contributed by atoms with Gasteiger partial charge in [-0.25, -0.2) is 0 Å². The Bertz CT molecular complexity index is 515. The molecule has 15 heavy (non-hydrogen) atoms. The molecule has 76 valence electrons. The molecule has 2 heterocycles. The molecule has 6 nitrogen and oxygen atoms in total. The Hall–Kier alpha value is -2.37. The minimum Gasteiger partial charge on any atom is -0.367 e. The van der Waals surface area contributed by atoms with E-state index in [9.17, 15) is 9.59 Å². The van der Waals surface area contributed by atoms with Crippen LogP contribution in [0.25, 0.3) is 0 Å². The summed E-state index contributed by atoms with van der Waals surface area (Å²) in [6, 6.07) is 2.89. The largest absolute Gasteiger partial charge is 0.367 e. The molecule has 0 aromatic carbocycles. The van der Waals surface area contributed by atoms with Gasteiger partial charge in [-0.3, -0.25) is 14.7 Å². The van der Waals surface area contributed by atoms with Crippen molar-refractivity contribution < 1.29 is 4.79 Å². The zero-order valence-corrected chi connectivity index (χ0v) is 7.65. The van der Waals surface area contributed by atoms with Gasteiger partial charge in [-0.15, -0.1) is 0 Å². The minimum atomic E-state index is -0.471. The molecule has 0 unspecified atom stereocenters. The molecule has 0 bridgehead atoms. The zero-order valence-electron chi connectivity index (χ0n) is 7.65. The zero-order chi connectivity index (χ0) is 10.7. The molecule has 0 aliphatic carbocycles. The summed E-state index contributed by atoms with van der Waals surface area (Å²) in [7, 11) is 0. The van der Waals surface area contributed by atoms with Gasteiger partial charge in [0.1, 0.15) is 11.4 Å². The van der Waals surface area contributed by atoms with Crippen LogP contribution in [-0.2, 0) is 0 Å². The normalized spacial score (nSPS) is 9.87. The van der Waals surface area contributed by atoms with Crippen LogP contribution < -0.4 is 10.7 Å². The van der Waals surface area contributed by atoms with Crippen molar-refractivity contribution in [3.63, 3.8) is 0 Å². The Kier molecular flexibility index (Phi) is 2.32. The first-order valence-corrected chi connectivity index (χ1v) is 4.25. The lowest BCUT2D eigenvalue weighted by atomic mass is 10.2. The number of anilines is 1. The molecule has 6 heteroatoms. The number of H-pyrrole nitrogens is 2. The highest BCUT2D eigenvalue weighted by atomic mass is 16.2. The molecule has 0 aliphatic rings. The van der Waals surface area contributed by atoms with E-state index in [1.807, 2.05) is 0 Å². The van der Waals surface area contributed by atoms with Crippen molar-refractivity contribution in [1.82, 2.24) is 15.2 Å². The lowest BCUT2D eigenvalue weighted by Crippen LogP contribution is -2.20. The topological polar surface area (TPSA) is 90.6 Å². The Morgan fingerprint density at radius 1 is 1.40 bits per heavy atom. The van der Waals surface area contributed by atoms with Gasteiger partial charge >= 0.3 is 0 Å². The van der Waals surface area contributed by atoms with Gasteiger partial charge in [-0.05, 0) is 0 Å². The number of carbonyl (C=O) groups excluding carboxylic acids is 1. The van der Waals surface area contributed by atoms with E-state index in [-0.39, 0.29) is 11.0 Å². The van der Waals surface area contributed by atoms with Crippen molar-refractivity contribution in [3.05, 3.63) is 46.5 Å². The Morgan fingerprint density at radius 2 is 2.27 bits per heavy atom. The maximum Gasteiger partial charge on any atom is 0.262 e. The number of carbonyl (C=O) groups is 1. The third kappa shape index (κ3) is 1.93. The molecular weight excluding hydrogens is 196 g/mol. The second-order valence-corrected chi connectivity index (χ2v) is 2.85. The van der Waals surface area contributed by atoms with Crippen molar-refractivity contribution in [2.24, 2.45) is 0 Å². The van der Waals surface area contributed by atoms with E-state index in [1.165, 1.54) is 24.7 Å². The number of aromatic amines is 2. The van der Waals surface area contributed by atoms with Crippen LogP contribution in [0.4, 0.5) is 5.82 Å². The summed E-state index contributed by atoms with van der Waals surface area (Å²) < 4.78 is 0. The summed E-state index contributed by atoms with van der Waals surface area (Å²) >= 11 is 0. The number of hydrogen-bond acceptors (Lipinski definition) is 3. The Balaban J connectivity index is 2.23. The molecule has 0 radical (unpaired) electrons. The predicted molar refractivity (Wildman–Crippen MR) is 53.6 cm³/mol. The summed E-state index contributed by atoms with van der Waals surface area (Å²) in [5.74, 6) is -0.0237. The quantitative estimate of drug-likeness (QED) is 0.659. The number of rotatable bonds is 2. The van der Waals surface area contributed by atoms with Crippen LogP contribution in [0.2, 0.25) is 0 Å². The number of aromatic nitrogens is 3. The average Bonchev–Trinajstić information content (AvgIpc) is 2.71. The summed E-state index contributed by atoms with van der Waals surface area (Å²) in [5.41, 5.74) is -0.266.